The van der Waals surface area contributed by atoms with Crippen LogP contribution in [0.1, 0.15) is 5.69 Å². The lowest BCUT2D eigenvalue weighted by molar-refractivity contribution is 0.731. The van der Waals surface area contributed by atoms with Crippen LogP contribution in [-0.2, 0) is 6.42 Å². The Labute approximate surface area is 130 Å². The molecular formula is C14H14BrClN2S. The maximum Gasteiger partial charge on any atom is 0.0541 e. The van der Waals surface area contributed by atoms with Crippen molar-refractivity contribution < 1.29 is 0 Å². The summed E-state index contributed by atoms with van der Waals surface area (Å²) in [6.45, 7) is 0. The van der Waals surface area contributed by atoms with Crippen LogP contribution in [-0.4, -0.2) is 16.8 Å². The van der Waals surface area contributed by atoms with Crippen LogP contribution in [0.25, 0.3) is 0 Å². The summed E-state index contributed by atoms with van der Waals surface area (Å²) >= 11 is 11.2. The summed E-state index contributed by atoms with van der Waals surface area (Å²) in [7, 11) is 0. The molecule has 2 rings (SSSR count). The van der Waals surface area contributed by atoms with Crippen molar-refractivity contribution in [3.05, 3.63) is 57.8 Å². The van der Waals surface area contributed by atoms with E-state index in [0.29, 0.717) is 0 Å². The van der Waals surface area contributed by atoms with Gasteiger partial charge in [-0.3, -0.25) is 4.98 Å². The third kappa shape index (κ3) is 4.80. The molecule has 2 aromatic rings. The molecule has 1 unspecified atom stereocenters. The maximum atomic E-state index is 6.13. The third-order valence-corrected chi connectivity index (χ3v) is 4.72. The van der Waals surface area contributed by atoms with Gasteiger partial charge in [-0.15, -0.1) is 11.8 Å². The van der Waals surface area contributed by atoms with Crippen molar-refractivity contribution in [2.75, 3.05) is 5.75 Å². The molecule has 0 saturated carbocycles. The summed E-state index contributed by atoms with van der Waals surface area (Å²) < 4.78 is 0.982. The van der Waals surface area contributed by atoms with Crippen molar-refractivity contribution >= 4 is 39.3 Å². The fourth-order valence-corrected chi connectivity index (χ4v) is 3.04. The Kier molecular flexibility index (Phi) is 5.70. The lowest BCUT2D eigenvalue weighted by Crippen LogP contribution is -2.26. The predicted molar refractivity (Wildman–Crippen MR) is 85.8 cm³/mol. The molecule has 2 nitrogen and oxygen atoms in total. The summed E-state index contributed by atoms with van der Waals surface area (Å²) in [6.07, 6.45) is 2.56. The first kappa shape index (κ1) is 14.9. The Morgan fingerprint density at radius 2 is 2.05 bits per heavy atom. The van der Waals surface area contributed by atoms with Gasteiger partial charge in [-0.2, -0.15) is 0 Å². The van der Waals surface area contributed by atoms with Gasteiger partial charge in [-0.25, -0.2) is 0 Å². The fourth-order valence-electron chi connectivity index (χ4n) is 1.61. The number of hydrogen-bond acceptors (Lipinski definition) is 3. The molecule has 1 aromatic carbocycles. The van der Waals surface area contributed by atoms with Gasteiger partial charge in [0.15, 0.2) is 0 Å². The Morgan fingerprint density at radius 1 is 1.26 bits per heavy atom. The summed E-state index contributed by atoms with van der Waals surface area (Å²) in [4.78, 5) is 5.40. The van der Waals surface area contributed by atoms with Gasteiger partial charge in [-0.1, -0.05) is 23.7 Å². The minimum Gasteiger partial charge on any atom is -0.327 e. The van der Waals surface area contributed by atoms with E-state index < -0.39 is 0 Å². The Balaban J connectivity index is 1.86. The normalized spacial score (nSPS) is 12.4. The molecule has 1 aromatic heterocycles. The first-order valence-corrected chi connectivity index (χ1v) is 8.04. The van der Waals surface area contributed by atoms with E-state index in [1.165, 1.54) is 0 Å². The average Bonchev–Trinajstić information content (AvgIpc) is 2.40. The van der Waals surface area contributed by atoms with Gasteiger partial charge < -0.3 is 5.73 Å². The van der Waals surface area contributed by atoms with Crippen LogP contribution in [0.4, 0.5) is 0 Å². The summed E-state index contributed by atoms with van der Waals surface area (Å²) in [5.41, 5.74) is 7.14. The zero-order chi connectivity index (χ0) is 13.7. The number of nitrogens with zero attached hydrogens (tertiary/aromatic N) is 1. The van der Waals surface area contributed by atoms with E-state index in [0.717, 1.165) is 32.3 Å². The smallest absolute Gasteiger partial charge is 0.0541 e. The number of pyridine rings is 1. The number of nitrogens with two attached hydrogens (primary N) is 1. The van der Waals surface area contributed by atoms with Crippen molar-refractivity contribution in [1.82, 2.24) is 4.98 Å². The molecule has 5 heteroatoms. The van der Waals surface area contributed by atoms with Crippen LogP contribution in [0.2, 0.25) is 5.02 Å². The van der Waals surface area contributed by atoms with E-state index in [-0.39, 0.29) is 6.04 Å². The van der Waals surface area contributed by atoms with Crippen LogP contribution in [0, 0.1) is 0 Å². The molecule has 0 spiro atoms. The molecule has 0 saturated heterocycles. The zero-order valence-electron chi connectivity index (χ0n) is 10.2. The van der Waals surface area contributed by atoms with Gasteiger partial charge in [0.05, 0.1) is 5.02 Å². The van der Waals surface area contributed by atoms with E-state index in [1.807, 2.05) is 36.4 Å². The first-order chi connectivity index (χ1) is 9.15. The summed E-state index contributed by atoms with van der Waals surface area (Å²) in [5, 5.41) is 0.779. The molecule has 19 heavy (non-hydrogen) atoms. The van der Waals surface area contributed by atoms with Crippen molar-refractivity contribution in [3.8, 4) is 0 Å². The molecule has 0 aliphatic carbocycles. The van der Waals surface area contributed by atoms with Crippen LogP contribution in [0.3, 0.4) is 0 Å². The lowest BCUT2D eigenvalue weighted by Gasteiger charge is -2.11. The third-order valence-electron chi connectivity index (χ3n) is 2.55. The quantitative estimate of drug-likeness (QED) is 0.817. The molecule has 100 valence electrons. The minimum absolute atomic E-state index is 0.0648. The average molecular weight is 358 g/mol. The van der Waals surface area contributed by atoms with Gasteiger partial charge in [-0.05, 0) is 40.2 Å². The highest BCUT2D eigenvalue weighted by molar-refractivity contribution is 9.10. The fraction of sp³-hybridized carbons (Fsp3) is 0.214. The van der Waals surface area contributed by atoms with Gasteiger partial charge >= 0.3 is 0 Å². The highest BCUT2D eigenvalue weighted by atomic mass is 79.9. The van der Waals surface area contributed by atoms with E-state index in [4.69, 9.17) is 17.3 Å². The van der Waals surface area contributed by atoms with Gasteiger partial charge in [0, 0.05) is 39.5 Å². The van der Waals surface area contributed by atoms with Crippen LogP contribution in [0.5, 0.6) is 0 Å². The number of thioether (sulfide) groups is 1. The van der Waals surface area contributed by atoms with Crippen molar-refractivity contribution in [1.29, 1.82) is 0 Å². The lowest BCUT2D eigenvalue weighted by atomic mass is 10.2. The van der Waals surface area contributed by atoms with Crippen LogP contribution < -0.4 is 5.73 Å². The zero-order valence-corrected chi connectivity index (χ0v) is 13.4. The Morgan fingerprint density at radius 3 is 2.74 bits per heavy atom. The van der Waals surface area contributed by atoms with E-state index in [1.54, 1.807) is 18.0 Å². The van der Waals surface area contributed by atoms with Crippen LogP contribution in [0.15, 0.2) is 52.0 Å². The van der Waals surface area contributed by atoms with Gasteiger partial charge in [0.1, 0.15) is 0 Å². The molecule has 0 aliphatic rings. The minimum atomic E-state index is 0.0648. The van der Waals surface area contributed by atoms with E-state index in [2.05, 4.69) is 20.9 Å². The van der Waals surface area contributed by atoms with Gasteiger partial charge in [0.25, 0.3) is 0 Å². The molecule has 2 N–H and O–H groups in total. The molecule has 0 radical (unpaired) electrons. The largest absolute Gasteiger partial charge is 0.327 e. The topological polar surface area (TPSA) is 38.9 Å². The standard InChI is InChI=1S/C14H14BrClN2S/c15-10-5-6-12(18-8-10)7-11(17)9-19-14-4-2-1-3-13(14)16/h1-6,8,11H,7,9,17H2. The second-order valence-electron chi connectivity index (χ2n) is 4.17. The number of rotatable bonds is 5. The Hall–Kier alpha value is -0.550. The second kappa shape index (κ2) is 7.29. The number of halogens is 2. The summed E-state index contributed by atoms with van der Waals surface area (Å²) in [5.74, 6) is 0.821. The number of benzene rings is 1. The van der Waals surface area contributed by atoms with E-state index in [9.17, 15) is 0 Å². The first-order valence-electron chi connectivity index (χ1n) is 5.88. The van der Waals surface area contributed by atoms with Gasteiger partial charge in [0.2, 0.25) is 0 Å². The molecule has 1 heterocycles. The Bertz CT molecular complexity index is 533. The molecule has 0 aliphatic heterocycles. The maximum absolute atomic E-state index is 6.13. The molecular weight excluding hydrogens is 344 g/mol. The summed E-state index contributed by atoms with van der Waals surface area (Å²) in [6, 6.07) is 11.9. The van der Waals surface area contributed by atoms with E-state index >= 15 is 0 Å². The number of aromatic nitrogens is 1. The highest BCUT2D eigenvalue weighted by Gasteiger charge is 2.07. The second-order valence-corrected chi connectivity index (χ2v) is 6.56. The van der Waals surface area contributed by atoms with Crippen molar-refractivity contribution in [2.45, 2.75) is 17.4 Å². The van der Waals surface area contributed by atoms with Crippen molar-refractivity contribution in [3.63, 3.8) is 0 Å². The SMILES string of the molecule is NC(CSc1ccccc1Cl)Cc1ccc(Br)cn1. The predicted octanol–water partition coefficient (Wildman–Crippen LogP) is 4.16. The van der Waals surface area contributed by atoms with Crippen LogP contribution >= 0.6 is 39.3 Å². The highest BCUT2D eigenvalue weighted by Crippen LogP contribution is 2.27. The number of hydrogen-bond donors (Lipinski definition) is 1. The molecule has 0 amide bonds. The monoisotopic (exact) mass is 356 g/mol. The van der Waals surface area contributed by atoms with Crippen molar-refractivity contribution in [2.24, 2.45) is 5.73 Å². The molecule has 1 atom stereocenters. The molecule has 0 bridgehead atoms. The molecule has 0 fully saturated rings.